The van der Waals surface area contributed by atoms with Crippen molar-refractivity contribution in [3.63, 3.8) is 0 Å². The van der Waals surface area contributed by atoms with E-state index >= 15 is 0 Å². The fourth-order valence-corrected chi connectivity index (χ4v) is 3.23. The van der Waals surface area contributed by atoms with Crippen LogP contribution < -0.4 is 10.5 Å². The number of carbonyl (C=O) groups excluding carboxylic acids is 1. The summed E-state index contributed by atoms with van der Waals surface area (Å²) in [5.74, 6) is -0.155. The van der Waals surface area contributed by atoms with Crippen molar-refractivity contribution in [1.29, 1.82) is 0 Å². The molecule has 1 aromatic rings. The van der Waals surface area contributed by atoms with Crippen LogP contribution in [0.5, 0.6) is 0 Å². The standard InChI is InChI=1S/C12H16N2O3S/c1-8(15)9-3-2-4-12(5-9)18(16,17)14-11-6-10(13)7-11/h2-5,10-11,14H,6-7,13H2,1H3. The summed E-state index contributed by atoms with van der Waals surface area (Å²) >= 11 is 0. The molecule has 0 saturated heterocycles. The Labute approximate surface area is 106 Å². The van der Waals surface area contributed by atoms with Crippen LogP contribution in [-0.2, 0) is 10.0 Å². The van der Waals surface area contributed by atoms with Crippen molar-refractivity contribution in [2.24, 2.45) is 5.73 Å². The summed E-state index contributed by atoms with van der Waals surface area (Å²) in [6, 6.07) is 6.03. The molecule has 1 aromatic carbocycles. The minimum Gasteiger partial charge on any atom is -0.328 e. The average molecular weight is 268 g/mol. The Kier molecular flexibility index (Phi) is 3.52. The van der Waals surface area contributed by atoms with Crippen LogP contribution in [-0.4, -0.2) is 26.3 Å². The first-order valence-corrected chi connectivity index (χ1v) is 7.26. The van der Waals surface area contributed by atoms with Crippen molar-refractivity contribution in [2.45, 2.75) is 36.7 Å². The number of Topliss-reactive ketones (excluding diaryl/α,β-unsaturated/α-hetero) is 1. The summed E-state index contributed by atoms with van der Waals surface area (Å²) in [5, 5.41) is 0. The van der Waals surface area contributed by atoms with Gasteiger partial charge in [-0.05, 0) is 31.9 Å². The van der Waals surface area contributed by atoms with E-state index in [4.69, 9.17) is 5.73 Å². The highest BCUT2D eigenvalue weighted by Crippen LogP contribution is 2.21. The highest BCUT2D eigenvalue weighted by molar-refractivity contribution is 7.89. The molecule has 0 radical (unpaired) electrons. The van der Waals surface area contributed by atoms with Crippen LogP contribution in [0, 0.1) is 0 Å². The van der Waals surface area contributed by atoms with Gasteiger partial charge in [0, 0.05) is 17.6 Å². The van der Waals surface area contributed by atoms with Crippen LogP contribution >= 0.6 is 0 Å². The van der Waals surface area contributed by atoms with Gasteiger partial charge >= 0.3 is 0 Å². The van der Waals surface area contributed by atoms with Gasteiger partial charge in [0.15, 0.2) is 5.78 Å². The Morgan fingerprint density at radius 1 is 1.39 bits per heavy atom. The third-order valence-corrected chi connectivity index (χ3v) is 4.57. The molecule has 18 heavy (non-hydrogen) atoms. The molecule has 0 aliphatic heterocycles. The molecule has 1 aliphatic rings. The lowest BCUT2D eigenvalue weighted by molar-refractivity contribution is 0.101. The molecule has 0 bridgehead atoms. The van der Waals surface area contributed by atoms with Gasteiger partial charge in [-0.1, -0.05) is 12.1 Å². The van der Waals surface area contributed by atoms with Gasteiger partial charge in [-0.3, -0.25) is 4.79 Å². The van der Waals surface area contributed by atoms with Gasteiger partial charge in [0.1, 0.15) is 0 Å². The van der Waals surface area contributed by atoms with Gasteiger partial charge in [-0.2, -0.15) is 0 Å². The normalized spacial score (nSPS) is 23.4. The summed E-state index contributed by atoms with van der Waals surface area (Å²) in [5.41, 5.74) is 6.00. The second-order valence-electron chi connectivity index (χ2n) is 4.63. The number of hydrogen-bond donors (Lipinski definition) is 2. The molecule has 0 unspecified atom stereocenters. The van der Waals surface area contributed by atoms with E-state index in [1.54, 1.807) is 12.1 Å². The molecule has 0 atom stereocenters. The van der Waals surface area contributed by atoms with Gasteiger partial charge in [-0.15, -0.1) is 0 Å². The maximum atomic E-state index is 12.1. The van der Waals surface area contributed by atoms with Gasteiger partial charge in [0.05, 0.1) is 4.90 Å². The third-order valence-electron chi connectivity index (χ3n) is 3.05. The second kappa shape index (κ2) is 4.79. The van der Waals surface area contributed by atoms with Crippen molar-refractivity contribution in [2.75, 3.05) is 0 Å². The summed E-state index contributed by atoms with van der Waals surface area (Å²) in [4.78, 5) is 11.3. The largest absolute Gasteiger partial charge is 0.328 e. The molecule has 0 aromatic heterocycles. The van der Waals surface area contributed by atoms with Gasteiger partial charge in [-0.25, -0.2) is 13.1 Å². The smallest absolute Gasteiger partial charge is 0.240 e. The third kappa shape index (κ3) is 2.77. The first-order chi connectivity index (χ1) is 8.38. The molecule has 0 heterocycles. The minimum atomic E-state index is -3.56. The molecule has 2 rings (SSSR count). The average Bonchev–Trinajstić information content (AvgIpc) is 2.27. The van der Waals surface area contributed by atoms with E-state index in [0.29, 0.717) is 18.4 Å². The number of carbonyl (C=O) groups is 1. The van der Waals surface area contributed by atoms with Crippen molar-refractivity contribution in [1.82, 2.24) is 4.72 Å². The number of rotatable bonds is 4. The Morgan fingerprint density at radius 3 is 2.61 bits per heavy atom. The maximum absolute atomic E-state index is 12.1. The highest BCUT2D eigenvalue weighted by Gasteiger charge is 2.30. The maximum Gasteiger partial charge on any atom is 0.240 e. The molecule has 1 fully saturated rings. The number of sulfonamides is 1. The van der Waals surface area contributed by atoms with Crippen LogP contribution in [0.2, 0.25) is 0 Å². The van der Waals surface area contributed by atoms with Gasteiger partial charge in [0.25, 0.3) is 0 Å². The zero-order chi connectivity index (χ0) is 13.3. The zero-order valence-corrected chi connectivity index (χ0v) is 10.9. The van der Waals surface area contributed by atoms with Crippen molar-refractivity contribution < 1.29 is 13.2 Å². The zero-order valence-electron chi connectivity index (χ0n) is 10.1. The van der Waals surface area contributed by atoms with Crippen LogP contribution in [0.4, 0.5) is 0 Å². The quantitative estimate of drug-likeness (QED) is 0.785. The molecule has 0 amide bonds. The molecule has 5 nitrogen and oxygen atoms in total. The Morgan fingerprint density at radius 2 is 2.06 bits per heavy atom. The van der Waals surface area contributed by atoms with Crippen molar-refractivity contribution >= 4 is 15.8 Å². The topological polar surface area (TPSA) is 89.3 Å². The summed E-state index contributed by atoms with van der Waals surface area (Å²) in [6.45, 7) is 1.41. The molecule has 98 valence electrons. The molecule has 6 heteroatoms. The summed E-state index contributed by atoms with van der Waals surface area (Å²) in [7, 11) is -3.56. The number of nitrogens with two attached hydrogens (primary N) is 1. The molecule has 1 saturated carbocycles. The van der Waals surface area contributed by atoms with Crippen LogP contribution in [0.1, 0.15) is 30.1 Å². The van der Waals surface area contributed by atoms with E-state index < -0.39 is 10.0 Å². The van der Waals surface area contributed by atoms with Crippen LogP contribution in [0.15, 0.2) is 29.2 Å². The lowest BCUT2D eigenvalue weighted by Crippen LogP contribution is -2.50. The Balaban J connectivity index is 2.19. The highest BCUT2D eigenvalue weighted by atomic mass is 32.2. The van der Waals surface area contributed by atoms with E-state index in [1.165, 1.54) is 19.1 Å². The number of hydrogen-bond acceptors (Lipinski definition) is 4. The van der Waals surface area contributed by atoms with Crippen molar-refractivity contribution in [3.8, 4) is 0 Å². The van der Waals surface area contributed by atoms with Gasteiger partial charge < -0.3 is 5.73 Å². The molecule has 3 N–H and O–H groups in total. The lowest BCUT2D eigenvalue weighted by atomic mass is 9.89. The van der Waals surface area contributed by atoms with Gasteiger partial charge in [0.2, 0.25) is 10.0 Å². The van der Waals surface area contributed by atoms with E-state index in [0.717, 1.165) is 0 Å². The van der Waals surface area contributed by atoms with E-state index in [9.17, 15) is 13.2 Å². The van der Waals surface area contributed by atoms with Crippen LogP contribution in [0.3, 0.4) is 0 Å². The second-order valence-corrected chi connectivity index (χ2v) is 6.35. The fourth-order valence-electron chi connectivity index (χ4n) is 1.93. The summed E-state index contributed by atoms with van der Waals surface area (Å²) < 4.78 is 26.7. The lowest BCUT2D eigenvalue weighted by Gasteiger charge is -2.32. The van der Waals surface area contributed by atoms with Crippen molar-refractivity contribution in [3.05, 3.63) is 29.8 Å². The number of ketones is 1. The monoisotopic (exact) mass is 268 g/mol. The SMILES string of the molecule is CC(=O)c1cccc(S(=O)(=O)NC2CC(N)C2)c1. The Bertz CT molecular complexity index is 562. The predicted octanol–water partition coefficient (Wildman–Crippen LogP) is 0.657. The van der Waals surface area contributed by atoms with E-state index in [1.807, 2.05) is 0 Å². The first kappa shape index (κ1) is 13.2. The Hall–Kier alpha value is -1.24. The van der Waals surface area contributed by atoms with Crippen LogP contribution in [0.25, 0.3) is 0 Å². The molecule has 1 aliphatic carbocycles. The molecule has 0 spiro atoms. The molecular weight excluding hydrogens is 252 g/mol. The molecular formula is C12H16N2O3S. The summed E-state index contributed by atoms with van der Waals surface area (Å²) in [6.07, 6.45) is 1.32. The minimum absolute atomic E-state index is 0.0845. The predicted molar refractivity (Wildman–Crippen MR) is 67.8 cm³/mol. The first-order valence-electron chi connectivity index (χ1n) is 5.77. The van der Waals surface area contributed by atoms with E-state index in [2.05, 4.69) is 4.72 Å². The number of nitrogens with one attached hydrogen (secondary N) is 1. The fraction of sp³-hybridized carbons (Fsp3) is 0.417. The van der Waals surface area contributed by atoms with E-state index in [-0.39, 0.29) is 22.8 Å². The number of benzene rings is 1.